The van der Waals surface area contributed by atoms with Crippen molar-refractivity contribution in [2.24, 2.45) is 0 Å². The van der Waals surface area contributed by atoms with Gasteiger partial charge in [-0.25, -0.2) is 8.42 Å². The summed E-state index contributed by atoms with van der Waals surface area (Å²) < 4.78 is 30.7. The standard InChI is InChI=1S/C28H34N2O5S/c1-36(33,34)30-27-17-26(15-16-28(27)32)35-19-25(31)18-29-24-13-11-23(12-14-24)22-9-7-21(8-10-22)20-5-3-2-4-6-20/h2-10,15-17,23-25,29-32H,11-14,18-19H2,1H3. The van der Waals surface area contributed by atoms with Gasteiger partial charge in [-0.05, 0) is 60.4 Å². The van der Waals surface area contributed by atoms with Crippen LogP contribution in [0, 0.1) is 0 Å². The van der Waals surface area contributed by atoms with Crippen LogP contribution in [0.2, 0.25) is 0 Å². The van der Waals surface area contributed by atoms with Crippen molar-refractivity contribution >= 4 is 15.7 Å². The summed E-state index contributed by atoms with van der Waals surface area (Å²) in [6, 6.07) is 24.0. The van der Waals surface area contributed by atoms with Gasteiger partial charge in [0.1, 0.15) is 24.2 Å². The summed E-state index contributed by atoms with van der Waals surface area (Å²) in [4.78, 5) is 0. The van der Waals surface area contributed by atoms with E-state index in [9.17, 15) is 18.6 Å². The van der Waals surface area contributed by atoms with E-state index >= 15 is 0 Å². The minimum absolute atomic E-state index is 0.0362. The van der Waals surface area contributed by atoms with Crippen molar-refractivity contribution in [1.29, 1.82) is 0 Å². The molecule has 1 atom stereocenters. The fraction of sp³-hybridized carbons (Fsp3) is 0.357. The Bertz CT molecular complexity index is 1220. The van der Waals surface area contributed by atoms with Crippen LogP contribution in [0.25, 0.3) is 11.1 Å². The molecule has 0 bridgehead atoms. The average Bonchev–Trinajstić information content (AvgIpc) is 2.88. The number of phenols is 1. The van der Waals surface area contributed by atoms with Gasteiger partial charge in [-0.2, -0.15) is 0 Å². The second-order valence-electron chi connectivity index (χ2n) is 9.46. The quantitative estimate of drug-likeness (QED) is 0.300. The fourth-order valence-electron chi connectivity index (χ4n) is 4.65. The summed E-state index contributed by atoms with van der Waals surface area (Å²) in [7, 11) is -3.53. The van der Waals surface area contributed by atoms with Crippen LogP contribution in [0.3, 0.4) is 0 Å². The summed E-state index contributed by atoms with van der Waals surface area (Å²) in [5.74, 6) is 0.722. The van der Waals surface area contributed by atoms with Gasteiger partial charge in [0.2, 0.25) is 10.0 Å². The van der Waals surface area contributed by atoms with Crippen LogP contribution in [0.5, 0.6) is 11.5 Å². The zero-order chi connectivity index (χ0) is 25.5. The molecule has 0 amide bonds. The Kier molecular flexibility index (Phi) is 8.51. The molecule has 3 aromatic carbocycles. The molecular weight excluding hydrogens is 476 g/mol. The van der Waals surface area contributed by atoms with E-state index in [0.29, 0.717) is 24.3 Å². The minimum atomic E-state index is -3.53. The molecule has 3 aromatic rings. The number of aliphatic hydroxyl groups excluding tert-OH is 1. The lowest BCUT2D eigenvalue weighted by atomic mass is 9.81. The van der Waals surface area contributed by atoms with Crippen molar-refractivity contribution in [3.63, 3.8) is 0 Å². The number of benzene rings is 3. The topological polar surface area (TPSA) is 108 Å². The number of sulfonamides is 1. The molecule has 1 aliphatic rings. The van der Waals surface area contributed by atoms with Crippen LogP contribution < -0.4 is 14.8 Å². The Labute approximate surface area is 213 Å². The van der Waals surface area contributed by atoms with E-state index in [1.54, 1.807) is 0 Å². The number of anilines is 1. The first-order valence-electron chi connectivity index (χ1n) is 12.3. The molecule has 0 heterocycles. The Morgan fingerprint density at radius 2 is 1.61 bits per heavy atom. The van der Waals surface area contributed by atoms with Crippen LogP contribution in [0.1, 0.15) is 37.2 Å². The van der Waals surface area contributed by atoms with Gasteiger partial charge in [0.25, 0.3) is 0 Å². The fourth-order valence-corrected chi connectivity index (χ4v) is 5.21. The van der Waals surface area contributed by atoms with Crippen molar-refractivity contribution in [1.82, 2.24) is 5.32 Å². The molecule has 7 nitrogen and oxygen atoms in total. The van der Waals surface area contributed by atoms with E-state index < -0.39 is 16.1 Å². The number of hydrogen-bond acceptors (Lipinski definition) is 6. The van der Waals surface area contributed by atoms with E-state index in [4.69, 9.17) is 4.74 Å². The van der Waals surface area contributed by atoms with Gasteiger partial charge in [0.05, 0.1) is 11.9 Å². The molecule has 192 valence electrons. The van der Waals surface area contributed by atoms with Crippen molar-refractivity contribution in [3.8, 4) is 22.6 Å². The van der Waals surface area contributed by atoms with E-state index in [1.165, 1.54) is 34.9 Å². The first kappa shape index (κ1) is 26.0. The predicted molar refractivity (Wildman–Crippen MR) is 143 cm³/mol. The molecule has 0 aliphatic heterocycles. The molecule has 0 spiro atoms. The maximum Gasteiger partial charge on any atom is 0.229 e. The first-order chi connectivity index (χ1) is 17.3. The maximum absolute atomic E-state index is 11.4. The highest BCUT2D eigenvalue weighted by molar-refractivity contribution is 7.92. The zero-order valence-corrected chi connectivity index (χ0v) is 21.2. The number of hydrogen-bond donors (Lipinski definition) is 4. The Hall–Kier alpha value is -3.07. The van der Waals surface area contributed by atoms with Gasteiger partial charge >= 0.3 is 0 Å². The largest absolute Gasteiger partial charge is 0.506 e. The van der Waals surface area contributed by atoms with Crippen molar-refractivity contribution in [2.45, 2.75) is 43.7 Å². The highest BCUT2D eigenvalue weighted by Crippen LogP contribution is 2.34. The predicted octanol–water partition coefficient (Wildman–Crippen LogP) is 4.49. The zero-order valence-electron chi connectivity index (χ0n) is 20.4. The third kappa shape index (κ3) is 7.46. The van der Waals surface area contributed by atoms with Gasteiger partial charge in [0, 0.05) is 18.7 Å². The molecule has 0 aromatic heterocycles. The number of aliphatic hydroxyl groups is 1. The number of rotatable bonds is 10. The Balaban J connectivity index is 1.19. The second-order valence-corrected chi connectivity index (χ2v) is 11.2. The van der Waals surface area contributed by atoms with Gasteiger partial charge in [-0.1, -0.05) is 54.6 Å². The first-order valence-corrected chi connectivity index (χ1v) is 14.2. The van der Waals surface area contributed by atoms with Crippen LogP contribution in [-0.2, 0) is 10.0 Å². The molecule has 36 heavy (non-hydrogen) atoms. The lowest BCUT2D eigenvalue weighted by Gasteiger charge is -2.30. The summed E-state index contributed by atoms with van der Waals surface area (Å²) in [5.41, 5.74) is 3.89. The monoisotopic (exact) mass is 510 g/mol. The summed E-state index contributed by atoms with van der Waals surface area (Å²) in [6.45, 7) is 0.465. The van der Waals surface area contributed by atoms with Crippen molar-refractivity contribution < 1.29 is 23.4 Å². The normalized spacial score (nSPS) is 18.9. The van der Waals surface area contributed by atoms with Crippen molar-refractivity contribution in [3.05, 3.63) is 78.4 Å². The third-order valence-electron chi connectivity index (χ3n) is 6.56. The van der Waals surface area contributed by atoms with E-state index in [1.807, 2.05) is 6.07 Å². The highest BCUT2D eigenvalue weighted by atomic mass is 32.2. The molecule has 4 N–H and O–H groups in total. The summed E-state index contributed by atoms with van der Waals surface area (Å²) >= 11 is 0. The maximum atomic E-state index is 11.4. The molecule has 1 unspecified atom stereocenters. The molecule has 1 aliphatic carbocycles. The molecule has 8 heteroatoms. The minimum Gasteiger partial charge on any atom is -0.506 e. The average molecular weight is 511 g/mol. The lowest BCUT2D eigenvalue weighted by molar-refractivity contribution is 0.101. The number of phenolic OH excluding ortho intramolecular Hbond substituents is 1. The number of nitrogens with one attached hydrogen (secondary N) is 2. The molecule has 1 fully saturated rings. The smallest absolute Gasteiger partial charge is 0.229 e. The van der Waals surface area contributed by atoms with Gasteiger partial charge < -0.3 is 20.3 Å². The van der Waals surface area contributed by atoms with Crippen LogP contribution in [0.15, 0.2) is 72.8 Å². The van der Waals surface area contributed by atoms with E-state index in [2.05, 4.69) is 58.6 Å². The SMILES string of the molecule is CS(=O)(=O)Nc1cc(OCC(O)CNC2CCC(c3ccc(-c4ccccc4)cc3)CC2)ccc1O. The van der Waals surface area contributed by atoms with E-state index in [0.717, 1.165) is 31.9 Å². The van der Waals surface area contributed by atoms with Crippen molar-refractivity contribution in [2.75, 3.05) is 24.1 Å². The Morgan fingerprint density at radius 1 is 0.944 bits per heavy atom. The summed E-state index contributed by atoms with van der Waals surface area (Å²) in [5, 5.41) is 23.6. The van der Waals surface area contributed by atoms with Gasteiger partial charge in [-0.15, -0.1) is 0 Å². The number of aromatic hydroxyl groups is 1. The molecule has 0 radical (unpaired) electrons. The molecule has 0 saturated heterocycles. The summed E-state index contributed by atoms with van der Waals surface area (Å²) in [6.07, 6.45) is 4.61. The highest BCUT2D eigenvalue weighted by Gasteiger charge is 2.23. The lowest BCUT2D eigenvalue weighted by Crippen LogP contribution is -2.39. The van der Waals surface area contributed by atoms with Gasteiger partial charge in [0.15, 0.2) is 0 Å². The molecule has 1 saturated carbocycles. The molecular formula is C28H34N2O5S. The van der Waals surface area contributed by atoms with Gasteiger partial charge in [-0.3, -0.25) is 4.72 Å². The van der Waals surface area contributed by atoms with E-state index in [-0.39, 0.29) is 18.0 Å². The Morgan fingerprint density at radius 3 is 2.28 bits per heavy atom. The van der Waals surface area contributed by atoms with Crippen LogP contribution in [-0.4, -0.2) is 50.2 Å². The van der Waals surface area contributed by atoms with Crippen LogP contribution in [0.4, 0.5) is 5.69 Å². The van der Waals surface area contributed by atoms with Crippen LogP contribution >= 0.6 is 0 Å². The number of ether oxygens (including phenoxy) is 1. The third-order valence-corrected chi connectivity index (χ3v) is 7.16. The second kappa shape index (κ2) is 11.8. The molecule has 4 rings (SSSR count).